The normalized spacial score (nSPS) is 11.5. The second-order valence-corrected chi connectivity index (χ2v) is 5.59. The van der Waals surface area contributed by atoms with Crippen LogP contribution in [0.25, 0.3) is 0 Å². The third-order valence-corrected chi connectivity index (χ3v) is 3.85. The summed E-state index contributed by atoms with van der Waals surface area (Å²) in [6.07, 6.45) is 0.660. The molecule has 0 heterocycles. The van der Waals surface area contributed by atoms with Crippen molar-refractivity contribution < 1.29 is 19.1 Å². The van der Waals surface area contributed by atoms with Crippen LogP contribution in [0.2, 0.25) is 0 Å². The van der Waals surface area contributed by atoms with E-state index in [2.05, 4.69) is 10.6 Å². The molecule has 0 fully saturated rings. The van der Waals surface area contributed by atoms with Crippen molar-refractivity contribution in [2.75, 3.05) is 20.8 Å². The van der Waals surface area contributed by atoms with Crippen LogP contribution < -0.4 is 25.8 Å². The van der Waals surface area contributed by atoms with Crippen LogP contribution in [0.3, 0.4) is 0 Å². The first-order valence-electron chi connectivity index (χ1n) is 8.14. The van der Waals surface area contributed by atoms with Gasteiger partial charge in [-0.1, -0.05) is 36.4 Å². The van der Waals surface area contributed by atoms with Gasteiger partial charge >= 0.3 is 6.03 Å². The Hall–Kier alpha value is -3.06. The lowest BCUT2D eigenvalue weighted by Crippen LogP contribution is -2.43. The van der Waals surface area contributed by atoms with E-state index in [1.165, 1.54) is 0 Å². The molecular formula is C19H23N3O4. The molecule has 0 bridgehead atoms. The van der Waals surface area contributed by atoms with Gasteiger partial charge in [0, 0.05) is 6.54 Å². The summed E-state index contributed by atoms with van der Waals surface area (Å²) in [6.45, 7) is 0.515. The fourth-order valence-electron chi connectivity index (χ4n) is 2.60. The second-order valence-electron chi connectivity index (χ2n) is 5.59. The highest BCUT2D eigenvalue weighted by molar-refractivity contribution is 5.96. The van der Waals surface area contributed by atoms with Gasteiger partial charge in [-0.25, -0.2) is 4.79 Å². The van der Waals surface area contributed by atoms with E-state index < -0.39 is 18.0 Å². The molecule has 7 nitrogen and oxygen atoms in total. The number of imide groups is 1. The maximum Gasteiger partial charge on any atom is 0.318 e. The van der Waals surface area contributed by atoms with Gasteiger partial charge in [-0.3, -0.25) is 10.1 Å². The summed E-state index contributed by atoms with van der Waals surface area (Å²) >= 11 is 0. The number of rotatable bonds is 8. The van der Waals surface area contributed by atoms with Crippen LogP contribution >= 0.6 is 0 Å². The zero-order chi connectivity index (χ0) is 18.9. The number of primary amides is 1. The Labute approximate surface area is 152 Å². The van der Waals surface area contributed by atoms with Gasteiger partial charge in [0.2, 0.25) is 5.91 Å². The molecule has 0 radical (unpaired) electrons. The second kappa shape index (κ2) is 9.43. The first-order chi connectivity index (χ1) is 12.5. The smallest absolute Gasteiger partial charge is 0.318 e. The van der Waals surface area contributed by atoms with Crippen molar-refractivity contribution >= 4 is 11.9 Å². The van der Waals surface area contributed by atoms with Gasteiger partial charge in [0.25, 0.3) is 0 Å². The summed E-state index contributed by atoms with van der Waals surface area (Å²) in [6, 6.07) is 13.3. The summed E-state index contributed by atoms with van der Waals surface area (Å²) in [5, 5.41) is 5.29. The van der Waals surface area contributed by atoms with Gasteiger partial charge < -0.3 is 20.5 Å². The van der Waals surface area contributed by atoms with Crippen LogP contribution in [0.5, 0.6) is 11.5 Å². The molecule has 0 saturated carbocycles. The van der Waals surface area contributed by atoms with Crippen LogP contribution in [0.1, 0.15) is 17.2 Å². The number of nitrogens with two attached hydrogens (primary N) is 1. The van der Waals surface area contributed by atoms with Crippen LogP contribution in [0.15, 0.2) is 48.5 Å². The Morgan fingerprint density at radius 2 is 1.73 bits per heavy atom. The van der Waals surface area contributed by atoms with E-state index in [0.29, 0.717) is 24.5 Å². The lowest BCUT2D eigenvalue weighted by Gasteiger charge is -2.18. The first-order valence-corrected chi connectivity index (χ1v) is 8.14. The van der Waals surface area contributed by atoms with Gasteiger partial charge in [-0.2, -0.15) is 0 Å². The molecule has 0 saturated heterocycles. The standard InChI is InChI=1S/C19H23N3O4/c1-25-15-9-8-13(12-16(15)26-2)10-11-21-17(18(23)22-19(20)24)14-6-4-3-5-7-14/h3-9,12,17,21H,10-11H2,1-2H3,(H3,20,22,23,24)/t17-/m0/s1. The number of urea groups is 1. The Bertz CT molecular complexity index is 750. The predicted molar refractivity (Wildman–Crippen MR) is 98.2 cm³/mol. The average Bonchev–Trinajstić information content (AvgIpc) is 2.65. The van der Waals surface area contributed by atoms with Crippen molar-refractivity contribution in [3.63, 3.8) is 0 Å². The molecule has 26 heavy (non-hydrogen) atoms. The summed E-state index contributed by atoms with van der Waals surface area (Å²) in [7, 11) is 3.17. The van der Waals surface area contributed by atoms with E-state index in [4.69, 9.17) is 15.2 Å². The van der Waals surface area contributed by atoms with E-state index in [1.807, 2.05) is 48.5 Å². The molecule has 138 valence electrons. The highest BCUT2D eigenvalue weighted by Crippen LogP contribution is 2.27. The number of carbonyl (C=O) groups is 2. The fraction of sp³-hybridized carbons (Fsp3) is 0.263. The third kappa shape index (κ3) is 5.22. The van der Waals surface area contributed by atoms with E-state index in [9.17, 15) is 9.59 Å². The third-order valence-electron chi connectivity index (χ3n) is 3.85. The Morgan fingerprint density at radius 1 is 1.04 bits per heavy atom. The molecule has 1 atom stereocenters. The van der Waals surface area contributed by atoms with Crippen LogP contribution in [-0.4, -0.2) is 32.7 Å². The van der Waals surface area contributed by atoms with Crippen molar-refractivity contribution in [1.82, 2.24) is 10.6 Å². The number of hydrogen-bond donors (Lipinski definition) is 3. The predicted octanol–water partition coefficient (Wildman–Crippen LogP) is 1.77. The summed E-state index contributed by atoms with van der Waals surface area (Å²) in [4.78, 5) is 23.3. The van der Waals surface area contributed by atoms with Gasteiger partial charge in [0.1, 0.15) is 6.04 Å². The molecule has 2 aromatic rings. The average molecular weight is 357 g/mol. The quantitative estimate of drug-likeness (QED) is 0.668. The topological polar surface area (TPSA) is 103 Å². The molecule has 2 rings (SSSR count). The Morgan fingerprint density at radius 3 is 2.35 bits per heavy atom. The maximum atomic E-state index is 12.3. The van der Waals surface area contributed by atoms with Gasteiger partial charge in [0.05, 0.1) is 14.2 Å². The number of carbonyl (C=O) groups excluding carboxylic acids is 2. The van der Waals surface area contributed by atoms with Crippen molar-refractivity contribution in [3.05, 3.63) is 59.7 Å². The first kappa shape index (κ1) is 19.3. The fourth-order valence-corrected chi connectivity index (χ4v) is 2.60. The number of benzene rings is 2. The molecule has 4 N–H and O–H groups in total. The van der Waals surface area contributed by atoms with E-state index >= 15 is 0 Å². The zero-order valence-electron chi connectivity index (χ0n) is 14.8. The SMILES string of the molecule is COc1ccc(CCN[C@H](C(=O)NC(N)=O)c2ccccc2)cc1OC. The maximum absolute atomic E-state index is 12.3. The van der Waals surface area contributed by atoms with Gasteiger partial charge in [-0.15, -0.1) is 0 Å². The highest BCUT2D eigenvalue weighted by atomic mass is 16.5. The molecule has 0 aliphatic heterocycles. The molecule has 2 aromatic carbocycles. The minimum Gasteiger partial charge on any atom is -0.493 e. The largest absolute Gasteiger partial charge is 0.493 e. The Balaban J connectivity index is 2.05. The number of nitrogens with one attached hydrogen (secondary N) is 2. The summed E-state index contributed by atoms with van der Waals surface area (Å²) in [5.74, 6) is 0.819. The highest BCUT2D eigenvalue weighted by Gasteiger charge is 2.20. The molecule has 0 aliphatic carbocycles. The van der Waals surface area contributed by atoms with E-state index in [0.717, 1.165) is 11.1 Å². The minimum atomic E-state index is -0.877. The van der Waals surface area contributed by atoms with Crippen molar-refractivity contribution in [2.24, 2.45) is 5.73 Å². The molecule has 0 aromatic heterocycles. The zero-order valence-corrected chi connectivity index (χ0v) is 14.8. The van der Waals surface area contributed by atoms with Crippen molar-refractivity contribution in [1.29, 1.82) is 0 Å². The number of hydrogen-bond acceptors (Lipinski definition) is 5. The van der Waals surface area contributed by atoms with E-state index in [-0.39, 0.29) is 0 Å². The summed E-state index contributed by atoms with van der Waals surface area (Å²) < 4.78 is 10.5. The van der Waals surface area contributed by atoms with Gasteiger partial charge in [-0.05, 0) is 29.7 Å². The summed E-state index contributed by atoms with van der Waals surface area (Å²) in [5.41, 5.74) is 6.84. The molecule has 3 amide bonds. The minimum absolute atomic E-state index is 0.490. The number of ether oxygens (including phenoxy) is 2. The molecule has 0 unspecified atom stereocenters. The van der Waals surface area contributed by atoms with Crippen LogP contribution in [-0.2, 0) is 11.2 Å². The molecular weight excluding hydrogens is 334 g/mol. The Kier molecular flexibility index (Phi) is 6.99. The van der Waals surface area contributed by atoms with E-state index in [1.54, 1.807) is 14.2 Å². The number of amides is 3. The lowest BCUT2D eigenvalue weighted by molar-refractivity contribution is -0.122. The van der Waals surface area contributed by atoms with Gasteiger partial charge in [0.15, 0.2) is 11.5 Å². The molecule has 0 spiro atoms. The van der Waals surface area contributed by atoms with Crippen LogP contribution in [0.4, 0.5) is 4.79 Å². The van der Waals surface area contributed by atoms with Crippen molar-refractivity contribution in [2.45, 2.75) is 12.5 Å². The lowest BCUT2D eigenvalue weighted by atomic mass is 10.1. The van der Waals surface area contributed by atoms with Crippen LogP contribution in [0, 0.1) is 0 Å². The number of methoxy groups -OCH3 is 2. The molecule has 7 heteroatoms. The monoisotopic (exact) mass is 357 g/mol. The molecule has 0 aliphatic rings. The van der Waals surface area contributed by atoms with Crippen molar-refractivity contribution in [3.8, 4) is 11.5 Å².